The van der Waals surface area contributed by atoms with Crippen molar-refractivity contribution in [3.8, 4) is 23.0 Å². The van der Waals surface area contributed by atoms with Crippen molar-refractivity contribution in [1.29, 1.82) is 0 Å². The van der Waals surface area contributed by atoms with Crippen LogP contribution in [-0.2, 0) is 9.53 Å². The highest BCUT2D eigenvalue weighted by Crippen LogP contribution is 2.20. The Morgan fingerprint density at radius 2 is 1.16 bits per heavy atom. The van der Waals surface area contributed by atoms with E-state index in [1.54, 1.807) is 12.1 Å². The van der Waals surface area contributed by atoms with Crippen LogP contribution in [0.4, 0.5) is 0 Å². The number of phenolic OH excluding ortho intramolecular Hbond substituents is 1. The lowest BCUT2D eigenvalue weighted by molar-refractivity contribution is -0.144. The lowest BCUT2D eigenvalue weighted by Gasteiger charge is -2.08. The molecule has 0 amide bonds. The summed E-state index contributed by atoms with van der Waals surface area (Å²) in [4.78, 5) is 35.5. The van der Waals surface area contributed by atoms with Crippen LogP contribution in [0.25, 0.3) is 0 Å². The highest BCUT2D eigenvalue weighted by Gasteiger charge is 2.13. The number of rotatable bonds is 8. The van der Waals surface area contributed by atoms with Crippen LogP contribution in [0, 0.1) is 0 Å². The van der Waals surface area contributed by atoms with Crippen LogP contribution in [0.3, 0.4) is 0 Å². The van der Waals surface area contributed by atoms with E-state index >= 15 is 0 Å². The molecule has 0 unspecified atom stereocenters. The summed E-state index contributed by atoms with van der Waals surface area (Å²) in [7, 11) is 0. The number of benzene rings is 3. The molecule has 3 rings (SSSR count). The summed E-state index contributed by atoms with van der Waals surface area (Å²) in [6.45, 7) is 3.00. The summed E-state index contributed by atoms with van der Waals surface area (Å²) in [6.07, 6.45) is 1.02. The van der Waals surface area contributed by atoms with Gasteiger partial charge in [0.05, 0.1) is 11.1 Å². The van der Waals surface area contributed by atoms with E-state index in [-0.39, 0.29) is 35.2 Å². The van der Waals surface area contributed by atoms with Gasteiger partial charge in [-0.05, 0) is 72.8 Å². The van der Waals surface area contributed by atoms with E-state index in [4.69, 9.17) is 18.9 Å². The first-order valence-corrected chi connectivity index (χ1v) is 9.30. The van der Waals surface area contributed by atoms with Crippen LogP contribution in [0.2, 0.25) is 0 Å². The van der Waals surface area contributed by atoms with Gasteiger partial charge in [-0.1, -0.05) is 6.58 Å². The fourth-order valence-electron chi connectivity index (χ4n) is 2.41. The number of carbonyl (C=O) groups is 3. The van der Waals surface area contributed by atoms with Crippen LogP contribution in [0.15, 0.2) is 85.5 Å². The molecule has 0 spiro atoms. The first kappa shape index (κ1) is 22.1. The molecule has 3 aromatic carbocycles. The average Bonchev–Trinajstić information content (AvgIpc) is 2.81. The Morgan fingerprint density at radius 1 is 0.719 bits per heavy atom. The Labute approximate surface area is 183 Å². The molecule has 8 heteroatoms. The number of hydrogen-bond acceptors (Lipinski definition) is 8. The first-order valence-electron chi connectivity index (χ1n) is 9.30. The van der Waals surface area contributed by atoms with Crippen molar-refractivity contribution >= 4 is 17.9 Å². The average molecular weight is 434 g/mol. The highest BCUT2D eigenvalue weighted by molar-refractivity contribution is 5.94. The quantitative estimate of drug-likeness (QED) is 0.246. The second-order valence-electron chi connectivity index (χ2n) is 6.25. The predicted octanol–water partition coefficient (Wildman–Crippen LogP) is 3.90. The smallest absolute Gasteiger partial charge is 0.343 e. The van der Waals surface area contributed by atoms with E-state index in [0.717, 1.165) is 6.08 Å². The Bertz CT molecular complexity index is 1100. The molecular weight excluding hydrogens is 416 g/mol. The number of carbonyl (C=O) groups excluding carboxylic acids is 3. The maximum absolute atomic E-state index is 12.3. The van der Waals surface area contributed by atoms with Crippen molar-refractivity contribution < 1.29 is 38.4 Å². The topological polar surface area (TPSA) is 108 Å². The second kappa shape index (κ2) is 10.4. The molecule has 0 saturated heterocycles. The van der Waals surface area contributed by atoms with Crippen LogP contribution < -0.4 is 14.2 Å². The summed E-state index contributed by atoms with van der Waals surface area (Å²) >= 11 is 0. The van der Waals surface area contributed by atoms with Crippen LogP contribution in [0.5, 0.6) is 23.0 Å². The van der Waals surface area contributed by atoms with Gasteiger partial charge in [-0.2, -0.15) is 0 Å². The van der Waals surface area contributed by atoms with Crippen LogP contribution >= 0.6 is 0 Å². The number of aromatic hydroxyl groups is 1. The number of esters is 3. The lowest BCUT2D eigenvalue weighted by Crippen LogP contribution is -2.11. The van der Waals surface area contributed by atoms with Gasteiger partial charge in [0.1, 0.15) is 23.0 Å². The van der Waals surface area contributed by atoms with Crippen molar-refractivity contribution in [2.45, 2.75) is 0 Å². The van der Waals surface area contributed by atoms with Crippen molar-refractivity contribution in [3.05, 3.63) is 96.6 Å². The Balaban J connectivity index is 1.54. The molecule has 0 atom stereocenters. The maximum atomic E-state index is 12.3. The monoisotopic (exact) mass is 434 g/mol. The third-order valence-electron chi connectivity index (χ3n) is 4.03. The minimum atomic E-state index is -0.614. The molecular formula is C24H18O8. The van der Waals surface area contributed by atoms with Gasteiger partial charge in [0.25, 0.3) is 0 Å². The fraction of sp³-hybridized carbons (Fsp3) is 0.0417. The third kappa shape index (κ3) is 6.20. The van der Waals surface area contributed by atoms with Gasteiger partial charge in [-0.15, -0.1) is 0 Å². The molecule has 8 nitrogen and oxygen atoms in total. The van der Waals surface area contributed by atoms with Gasteiger partial charge >= 0.3 is 17.9 Å². The Morgan fingerprint density at radius 3 is 1.62 bits per heavy atom. The Hall–Kier alpha value is -4.59. The Kier molecular flexibility index (Phi) is 7.21. The number of ether oxygens (including phenoxy) is 4. The molecule has 32 heavy (non-hydrogen) atoms. The first-order chi connectivity index (χ1) is 15.4. The van der Waals surface area contributed by atoms with Gasteiger partial charge in [0, 0.05) is 6.08 Å². The molecule has 0 aromatic heterocycles. The summed E-state index contributed by atoms with van der Waals surface area (Å²) in [5.41, 5.74) is 0.483. The van der Waals surface area contributed by atoms with Crippen molar-refractivity contribution in [2.75, 3.05) is 6.79 Å². The largest absolute Gasteiger partial charge is 0.508 e. The van der Waals surface area contributed by atoms with Gasteiger partial charge in [-0.25, -0.2) is 14.4 Å². The maximum Gasteiger partial charge on any atom is 0.343 e. The van der Waals surface area contributed by atoms with Crippen LogP contribution in [0.1, 0.15) is 20.7 Å². The normalized spacial score (nSPS) is 10.0. The molecule has 0 aliphatic rings. The molecule has 3 aromatic rings. The molecule has 0 heterocycles. The second-order valence-corrected chi connectivity index (χ2v) is 6.25. The highest BCUT2D eigenvalue weighted by atomic mass is 16.7. The molecule has 0 fully saturated rings. The molecule has 0 bridgehead atoms. The molecule has 0 aliphatic heterocycles. The summed E-state index contributed by atoms with van der Waals surface area (Å²) in [5.74, 6) is -0.789. The van der Waals surface area contributed by atoms with Crippen molar-refractivity contribution in [1.82, 2.24) is 0 Å². The van der Waals surface area contributed by atoms with Gasteiger partial charge in [0.15, 0.2) is 0 Å². The van der Waals surface area contributed by atoms with Gasteiger partial charge < -0.3 is 24.1 Å². The van der Waals surface area contributed by atoms with E-state index in [9.17, 15) is 19.5 Å². The third-order valence-corrected chi connectivity index (χ3v) is 4.03. The van der Waals surface area contributed by atoms with Gasteiger partial charge in [0.2, 0.25) is 6.79 Å². The minimum Gasteiger partial charge on any atom is -0.508 e. The molecule has 0 saturated carbocycles. The van der Waals surface area contributed by atoms with Crippen LogP contribution in [-0.4, -0.2) is 29.8 Å². The van der Waals surface area contributed by atoms with Crippen molar-refractivity contribution in [3.63, 3.8) is 0 Å². The SMILES string of the molecule is C=CC(=O)OCOc1ccc(OC(=O)c2ccc(C(=O)Oc3ccc(O)cc3)cc2)cc1. The van der Waals surface area contributed by atoms with Gasteiger partial charge in [-0.3, -0.25) is 0 Å². The zero-order valence-electron chi connectivity index (χ0n) is 16.7. The van der Waals surface area contributed by atoms with E-state index in [2.05, 4.69) is 6.58 Å². The summed E-state index contributed by atoms with van der Waals surface area (Å²) in [5, 5.41) is 9.26. The molecule has 1 N–H and O–H groups in total. The lowest BCUT2D eigenvalue weighted by atomic mass is 10.1. The van der Waals surface area contributed by atoms with E-state index in [0.29, 0.717) is 5.75 Å². The number of hydrogen-bond donors (Lipinski definition) is 1. The van der Waals surface area contributed by atoms with E-state index < -0.39 is 17.9 Å². The fourth-order valence-corrected chi connectivity index (χ4v) is 2.41. The summed E-state index contributed by atoms with van der Waals surface area (Å²) < 4.78 is 20.4. The standard InChI is InChI=1S/C24H18O8/c1-2-22(26)30-15-29-19-11-13-21(14-12-19)32-24(28)17-5-3-16(4-6-17)23(27)31-20-9-7-18(25)8-10-20/h2-14,25H,1,15H2. The predicted molar refractivity (Wildman–Crippen MR) is 113 cm³/mol. The van der Waals surface area contributed by atoms with Crippen molar-refractivity contribution in [2.24, 2.45) is 0 Å². The van der Waals surface area contributed by atoms with E-state index in [1.807, 2.05) is 0 Å². The zero-order valence-corrected chi connectivity index (χ0v) is 16.7. The van der Waals surface area contributed by atoms with E-state index in [1.165, 1.54) is 60.7 Å². The zero-order chi connectivity index (χ0) is 22.9. The molecule has 0 aliphatic carbocycles. The molecule has 162 valence electrons. The number of phenols is 1. The molecule has 0 radical (unpaired) electrons. The summed E-state index contributed by atoms with van der Waals surface area (Å²) in [6, 6.07) is 17.6. The minimum absolute atomic E-state index is 0.0591.